The zero-order valence-corrected chi connectivity index (χ0v) is 12.6. The predicted molar refractivity (Wildman–Crippen MR) is 78.1 cm³/mol. The standard InChI is InChI=1S/C17H32/c1-6-8-16-9-7-11-17(5,13-15(16)4)12-10-14(2)3/h7,9,14-16H,6,8,10-13H2,1-5H3. The molecule has 0 aromatic carbocycles. The normalized spacial score (nSPS) is 34.0. The van der Waals surface area contributed by atoms with Gasteiger partial charge in [-0.1, -0.05) is 59.6 Å². The summed E-state index contributed by atoms with van der Waals surface area (Å²) in [5.41, 5.74) is 0.558. The third kappa shape index (κ3) is 4.85. The Labute approximate surface area is 109 Å². The lowest BCUT2D eigenvalue weighted by Crippen LogP contribution is -2.21. The Balaban J connectivity index is 2.58. The highest BCUT2D eigenvalue weighted by Gasteiger charge is 2.30. The maximum Gasteiger partial charge on any atom is -0.0208 e. The van der Waals surface area contributed by atoms with E-state index < -0.39 is 0 Å². The Morgan fingerprint density at radius 2 is 2.06 bits per heavy atom. The van der Waals surface area contributed by atoms with Crippen molar-refractivity contribution in [1.29, 1.82) is 0 Å². The van der Waals surface area contributed by atoms with Crippen molar-refractivity contribution in [1.82, 2.24) is 0 Å². The van der Waals surface area contributed by atoms with Gasteiger partial charge in [-0.25, -0.2) is 0 Å². The first-order valence-corrected chi connectivity index (χ1v) is 7.63. The molecule has 0 aromatic heterocycles. The second-order valence-electron chi connectivity index (χ2n) is 7.01. The average molecular weight is 236 g/mol. The van der Waals surface area contributed by atoms with Crippen molar-refractivity contribution < 1.29 is 0 Å². The van der Waals surface area contributed by atoms with E-state index in [-0.39, 0.29) is 0 Å². The summed E-state index contributed by atoms with van der Waals surface area (Å²) in [5.74, 6) is 2.55. The molecule has 0 aliphatic heterocycles. The van der Waals surface area contributed by atoms with Crippen molar-refractivity contribution in [3.05, 3.63) is 12.2 Å². The molecule has 0 nitrogen and oxygen atoms in total. The molecule has 0 radical (unpaired) electrons. The van der Waals surface area contributed by atoms with Crippen LogP contribution in [0.15, 0.2) is 12.2 Å². The first kappa shape index (κ1) is 14.8. The quantitative estimate of drug-likeness (QED) is 0.527. The lowest BCUT2D eigenvalue weighted by atomic mass is 9.73. The largest absolute Gasteiger partial charge is 0.0877 e. The maximum atomic E-state index is 2.51. The van der Waals surface area contributed by atoms with E-state index in [1.165, 1.54) is 38.5 Å². The molecule has 3 atom stereocenters. The monoisotopic (exact) mass is 236 g/mol. The molecule has 0 heteroatoms. The van der Waals surface area contributed by atoms with Crippen molar-refractivity contribution in [2.75, 3.05) is 0 Å². The first-order chi connectivity index (χ1) is 7.97. The molecule has 0 amide bonds. The van der Waals surface area contributed by atoms with Crippen molar-refractivity contribution in [2.45, 2.75) is 73.1 Å². The fourth-order valence-corrected chi connectivity index (χ4v) is 3.28. The first-order valence-electron chi connectivity index (χ1n) is 7.63. The number of allylic oxidation sites excluding steroid dienone is 2. The van der Waals surface area contributed by atoms with Crippen LogP contribution < -0.4 is 0 Å². The lowest BCUT2D eigenvalue weighted by Gasteiger charge is -2.32. The van der Waals surface area contributed by atoms with Crippen LogP contribution in [0, 0.1) is 23.2 Å². The van der Waals surface area contributed by atoms with Crippen molar-refractivity contribution in [3.8, 4) is 0 Å². The zero-order chi connectivity index (χ0) is 12.9. The molecule has 1 aliphatic rings. The SMILES string of the molecule is CCCC1C=CCC(C)(CCC(C)C)CC1C. The van der Waals surface area contributed by atoms with Gasteiger partial charge < -0.3 is 0 Å². The van der Waals surface area contributed by atoms with Crippen molar-refractivity contribution >= 4 is 0 Å². The molecule has 3 unspecified atom stereocenters. The Kier molecular flexibility index (Phi) is 5.76. The maximum absolute atomic E-state index is 2.51. The van der Waals surface area contributed by atoms with Gasteiger partial charge in [0.25, 0.3) is 0 Å². The van der Waals surface area contributed by atoms with Gasteiger partial charge in [0.2, 0.25) is 0 Å². The van der Waals surface area contributed by atoms with Crippen LogP contribution in [0.4, 0.5) is 0 Å². The van der Waals surface area contributed by atoms with Gasteiger partial charge >= 0.3 is 0 Å². The van der Waals surface area contributed by atoms with E-state index in [2.05, 4.69) is 46.8 Å². The second-order valence-corrected chi connectivity index (χ2v) is 7.01. The van der Waals surface area contributed by atoms with Crippen LogP contribution >= 0.6 is 0 Å². The topological polar surface area (TPSA) is 0 Å². The summed E-state index contributed by atoms with van der Waals surface area (Å²) in [6, 6.07) is 0. The smallest absolute Gasteiger partial charge is 0.0208 e. The van der Waals surface area contributed by atoms with E-state index in [0.717, 1.165) is 17.8 Å². The lowest BCUT2D eigenvalue weighted by molar-refractivity contribution is 0.199. The molecule has 17 heavy (non-hydrogen) atoms. The van der Waals surface area contributed by atoms with Crippen LogP contribution in [0.2, 0.25) is 0 Å². The third-order valence-corrected chi connectivity index (χ3v) is 4.49. The van der Waals surface area contributed by atoms with Gasteiger partial charge in [-0.2, -0.15) is 0 Å². The summed E-state index contributed by atoms with van der Waals surface area (Å²) in [6.45, 7) is 12.0. The van der Waals surface area contributed by atoms with Crippen molar-refractivity contribution in [3.63, 3.8) is 0 Å². The molecule has 1 rings (SSSR count). The molecule has 0 saturated carbocycles. The van der Waals surface area contributed by atoms with E-state index in [1.54, 1.807) is 0 Å². The van der Waals surface area contributed by atoms with E-state index in [4.69, 9.17) is 0 Å². The van der Waals surface area contributed by atoms with Crippen molar-refractivity contribution in [2.24, 2.45) is 23.2 Å². The Bertz CT molecular complexity index is 238. The number of hydrogen-bond acceptors (Lipinski definition) is 0. The number of rotatable bonds is 5. The minimum Gasteiger partial charge on any atom is -0.0877 e. The zero-order valence-electron chi connectivity index (χ0n) is 12.6. The van der Waals surface area contributed by atoms with E-state index >= 15 is 0 Å². The van der Waals surface area contributed by atoms with Crippen LogP contribution in [-0.4, -0.2) is 0 Å². The van der Waals surface area contributed by atoms with Gasteiger partial charge in [0.05, 0.1) is 0 Å². The molecule has 100 valence electrons. The molecule has 0 N–H and O–H groups in total. The van der Waals surface area contributed by atoms with E-state index in [9.17, 15) is 0 Å². The van der Waals surface area contributed by atoms with Crippen LogP contribution in [0.25, 0.3) is 0 Å². The molecule has 0 fully saturated rings. The summed E-state index contributed by atoms with van der Waals surface area (Å²) in [6.07, 6.45) is 13.2. The van der Waals surface area contributed by atoms with Gasteiger partial charge in [-0.3, -0.25) is 0 Å². The molecular formula is C17H32. The molecule has 1 aliphatic carbocycles. The molecular weight excluding hydrogens is 204 g/mol. The van der Waals surface area contributed by atoms with E-state index in [0.29, 0.717) is 5.41 Å². The highest BCUT2D eigenvalue weighted by molar-refractivity contribution is 4.99. The van der Waals surface area contributed by atoms with Gasteiger partial charge in [-0.05, 0) is 48.9 Å². The summed E-state index contributed by atoms with van der Waals surface area (Å²) < 4.78 is 0. The van der Waals surface area contributed by atoms with Crippen LogP contribution in [0.3, 0.4) is 0 Å². The highest BCUT2D eigenvalue weighted by Crippen LogP contribution is 2.42. The molecule has 0 saturated heterocycles. The molecule has 0 heterocycles. The molecule has 0 aromatic rings. The summed E-state index contributed by atoms with van der Waals surface area (Å²) in [5, 5.41) is 0. The summed E-state index contributed by atoms with van der Waals surface area (Å²) in [7, 11) is 0. The number of hydrogen-bond donors (Lipinski definition) is 0. The van der Waals surface area contributed by atoms with Crippen LogP contribution in [0.5, 0.6) is 0 Å². The van der Waals surface area contributed by atoms with Crippen LogP contribution in [0.1, 0.15) is 73.1 Å². The Morgan fingerprint density at radius 3 is 2.65 bits per heavy atom. The summed E-state index contributed by atoms with van der Waals surface area (Å²) >= 11 is 0. The highest BCUT2D eigenvalue weighted by atomic mass is 14.3. The van der Waals surface area contributed by atoms with Gasteiger partial charge in [0.1, 0.15) is 0 Å². The average Bonchev–Trinajstić information content (AvgIpc) is 2.38. The third-order valence-electron chi connectivity index (χ3n) is 4.49. The minimum atomic E-state index is 0.558. The predicted octanol–water partition coefficient (Wildman–Crippen LogP) is 5.83. The fourth-order valence-electron chi connectivity index (χ4n) is 3.28. The minimum absolute atomic E-state index is 0.558. The van der Waals surface area contributed by atoms with Gasteiger partial charge in [0, 0.05) is 0 Å². The molecule has 0 bridgehead atoms. The summed E-state index contributed by atoms with van der Waals surface area (Å²) in [4.78, 5) is 0. The second kappa shape index (κ2) is 6.61. The Morgan fingerprint density at radius 1 is 1.35 bits per heavy atom. The molecule has 0 spiro atoms. The van der Waals surface area contributed by atoms with Gasteiger partial charge in [-0.15, -0.1) is 0 Å². The van der Waals surface area contributed by atoms with Gasteiger partial charge in [0.15, 0.2) is 0 Å². The van der Waals surface area contributed by atoms with Crippen LogP contribution in [-0.2, 0) is 0 Å². The van der Waals surface area contributed by atoms with E-state index in [1.807, 2.05) is 0 Å². The Hall–Kier alpha value is -0.260. The fraction of sp³-hybridized carbons (Fsp3) is 0.882.